The second-order valence-corrected chi connectivity index (χ2v) is 2.74. The quantitative estimate of drug-likeness (QED) is 0.486. The van der Waals surface area contributed by atoms with Crippen molar-refractivity contribution in [3.8, 4) is 0 Å². The SMILES string of the molecule is COC(=O)CSC/C=C/Cl. The highest BCUT2D eigenvalue weighted by molar-refractivity contribution is 8.00. The first-order valence-electron chi connectivity index (χ1n) is 2.71. The van der Waals surface area contributed by atoms with Crippen molar-refractivity contribution >= 4 is 29.3 Å². The standard InChI is InChI=1S/C6H9ClO2S/c1-9-6(8)5-10-4-2-3-7/h2-3H,4-5H2,1H3/b3-2+. The minimum absolute atomic E-state index is 0.201. The smallest absolute Gasteiger partial charge is 0.315 e. The maximum atomic E-state index is 10.5. The van der Waals surface area contributed by atoms with Crippen molar-refractivity contribution in [3.05, 3.63) is 11.6 Å². The van der Waals surface area contributed by atoms with Crippen LogP contribution in [0.1, 0.15) is 0 Å². The van der Waals surface area contributed by atoms with E-state index in [1.54, 1.807) is 6.08 Å². The van der Waals surface area contributed by atoms with Gasteiger partial charge in [-0.2, -0.15) is 0 Å². The van der Waals surface area contributed by atoms with Gasteiger partial charge in [-0.3, -0.25) is 4.79 Å². The Morgan fingerprint density at radius 1 is 1.80 bits per heavy atom. The van der Waals surface area contributed by atoms with Crippen molar-refractivity contribution in [2.75, 3.05) is 18.6 Å². The van der Waals surface area contributed by atoms with Crippen LogP contribution in [0.5, 0.6) is 0 Å². The van der Waals surface area contributed by atoms with Gasteiger partial charge in [0.05, 0.1) is 12.9 Å². The summed E-state index contributed by atoms with van der Waals surface area (Å²) in [6, 6.07) is 0. The molecule has 0 spiro atoms. The fourth-order valence-electron chi connectivity index (χ4n) is 0.306. The lowest BCUT2D eigenvalue weighted by Gasteiger charge is -1.94. The van der Waals surface area contributed by atoms with E-state index in [0.29, 0.717) is 5.75 Å². The zero-order chi connectivity index (χ0) is 7.82. The van der Waals surface area contributed by atoms with Crippen LogP contribution in [-0.2, 0) is 9.53 Å². The Morgan fingerprint density at radius 3 is 3.00 bits per heavy atom. The molecular weight excluding hydrogens is 172 g/mol. The second kappa shape index (κ2) is 6.96. The number of rotatable bonds is 4. The van der Waals surface area contributed by atoms with Gasteiger partial charge in [0.25, 0.3) is 0 Å². The van der Waals surface area contributed by atoms with Gasteiger partial charge in [0.15, 0.2) is 0 Å². The van der Waals surface area contributed by atoms with E-state index in [1.807, 2.05) is 0 Å². The molecular formula is C6H9ClO2S. The van der Waals surface area contributed by atoms with Gasteiger partial charge in [-0.1, -0.05) is 17.7 Å². The average Bonchev–Trinajstić information content (AvgIpc) is 1.98. The van der Waals surface area contributed by atoms with E-state index in [-0.39, 0.29) is 5.97 Å². The maximum Gasteiger partial charge on any atom is 0.315 e. The number of ether oxygens (including phenoxy) is 1. The molecule has 0 aromatic carbocycles. The number of hydrogen-bond donors (Lipinski definition) is 0. The van der Waals surface area contributed by atoms with Crippen LogP contribution in [0.4, 0.5) is 0 Å². The van der Waals surface area contributed by atoms with Gasteiger partial charge in [0.2, 0.25) is 0 Å². The lowest BCUT2D eigenvalue weighted by Crippen LogP contribution is -2.02. The van der Waals surface area contributed by atoms with Crippen LogP contribution in [0.25, 0.3) is 0 Å². The molecule has 2 nitrogen and oxygen atoms in total. The van der Waals surface area contributed by atoms with Gasteiger partial charge in [-0.05, 0) is 0 Å². The van der Waals surface area contributed by atoms with Crippen LogP contribution >= 0.6 is 23.4 Å². The van der Waals surface area contributed by atoms with Crippen LogP contribution in [0.3, 0.4) is 0 Å². The molecule has 0 aliphatic carbocycles. The summed E-state index contributed by atoms with van der Waals surface area (Å²) in [5.74, 6) is 0.934. The molecule has 0 aliphatic heterocycles. The summed E-state index contributed by atoms with van der Waals surface area (Å²) in [4.78, 5) is 10.5. The number of hydrogen-bond acceptors (Lipinski definition) is 3. The zero-order valence-corrected chi connectivity index (χ0v) is 7.24. The summed E-state index contributed by atoms with van der Waals surface area (Å²) in [7, 11) is 1.38. The molecule has 0 N–H and O–H groups in total. The molecule has 0 unspecified atom stereocenters. The van der Waals surface area contributed by atoms with Crippen molar-refractivity contribution in [2.24, 2.45) is 0 Å². The van der Waals surface area contributed by atoms with Gasteiger partial charge in [-0.25, -0.2) is 0 Å². The molecule has 0 atom stereocenters. The van der Waals surface area contributed by atoms with Gasteiger partial charge in [0.1, 0.15) is 0 Å². The number of halogens is 1. The summed E-state index contributed by atoms with van der Waals surface area (Å²) in [5.41, 5.74) is 1.43. The number of methoxy groups -OCH3 is 1. The Bertz CT molecular complexity index is 125. The molecule has 0 saturated carbocycles. The third kappa shape index (κ3) is 5.98. The fourth-order valence-corrected chi connectivity index (χ4v) is 1.14. The Morgan fingerprint density at radius 2 is 2.50 bits per heavy atom. The summed E-state index contributed by atoms with van der Waals surface area (Å²) < 4.78 is 4.41. The Balaban J connectivity index is 3.11. The molecule has 0 amide bonds. The lowest BCUT2D eigenvalue weighted by molar-refractivity contribution is -0.137. The third-order valence-electron chi connectivity index (χ3n) is 0.751. The molecule has 0 saturated heterocycles. The molecule has 0 rings (SSSR count). The zero-order valence-electron chi connectivity index (χ0n) is 5.67. The number of thioether (sulfide) groups is 1. The van der Waals surface area contributed by atoms with E-state index in [4.69, 9.17) is 11.6 Å². The molecule has 0 bridgehead atoms. The van der Waals surface area contributed by atoms with Crippen molar-refractivity contribution in [3.63, 3.8) is 0 Å². The van der Waals surface area contributed by atoms with Crippen molar-refractivity contribution in [1.82, 2.24) is 0 Å². The highest BCUT2D eigenvalue weighted by Crippen LogP contribution is 2.00. The predicted octanol–water partition coefficient (Wildman–Crippen LogP) is 1.65. The molecule has 4 heteroatoms. The fraction of sp³-hybridized carbons (Fsp3) is 0.500. The van der Waals surface area contributed by atoms with Crippen LogP contribution in [0.2, 0.25) is 0 Å². The molecule has 0 radical (unpaired) electrons. The van der Waals surface area contributed by atoms with Gasteiger partial charge < -0.3 is 4.74 Å². The van der Waals surface area contributed by atoms with E-state index >= 15 is 0 Å². The highest BCUT2D eigenvalue weighted by Gasteiger charge is 1.96. The minimum atomic E-state index is -0.201. The first kappa shape index (κ1) is 9.85. The van der Waals surface area contributed by atoms with E-state index in [0.717, 1.165) is 5.75 Å². The van der Waals surface area contributed by atoms with Crippen molar-refractivity contribution in [1.29, 1.82) is 0 Å². The largest absolute Gasteiger partial charge is 0.468 e. The summed E-state index contributed by atoms with van der Waals surface area (Å²) in [6.45, 7) is 0. The van der Waals surface area contributed by atoms with Crippen LogP contribution in [0, 0.1) is 0 Å². The van der Waals surface area contributed by atoms with Gasteiger partial charge in [-0.15, -0.1) is 11.8 Å². The lowest BCUT2D eigenvalue weighted by atomic mass is 10.8. The number of esters is 1. The van der Waals surface area contributed by atoms with Crippen LogP contribution in [-0.4, -0.2) is 24.6 Å². The van der Waals surface area contributed by atoms with E-state index in [2.05, 4.69) is 4.74 Å². The Labute approximate surface area is 69.6 Å². The Kier molecular flexibility index (Phi) is 6.86. The normalized spacial score (nSPS) is 10.2. The van der Waals surface area contributed by atoms with E-state index < -0.39 is 0 Å². The van der Waals surface area contributed by atoms with E-state index in [1.165, 1.54) is 24.4 Å². The summed E-state index contributed by atoms with van der Waals surface area (Å²) >= 11 is 6.71. The number of carbonyl (C=O) groups is 1. The first-order valence-corrected chi connectivity index (χ1v) is 4.30. The highest BCUT2D eigenvalue weighted by atomic mass is 35.5. The van der Waals surface area contributed by atoms with Crippen molar-refractivity contribution < 1.29 is 9.53 Å². The third-order valence-corrected chi connectivity index (χ3v) is 1.80. The number of carbonyl (C=O) groups excluding carboxylic acids is 1. The van der Waals surface area contributed by atoms with Gasteiger partial charge in [0, 0.05) is 11.3 Å². The van der Waals surface area contributed by atoms with Gasteiger partial charge >= 0.3 is 5.97 Å². The molecule has 0 heterocycles. The first-order chi connectivity index (χ1) is 4.81. The monoisotopic (exact) mass is 180 g/mol. The summed E-state index contributed by atoms with van der Waals surface area (Å²) in [5, 5.41) is 0. The second-order valence-electron chi connectivity index (χ2n) is 1.45. The van der Waals surface area contributed by atoms with Crippen LogP contribution in [0.15, 0.2) is 11.6 Å². The molecule has 0 aliphatic rings. The molecule has 0 aromatic rings. The van der Waals surface area contributed by atoms with E-state index in [9.17, 15) is 4.79 Å². The molecule has 0 fully saturated rings. The molecule has 0 aromatic heterocycles. The molecule has 10 heavy (non-hydrogen) atoms. The topological polar surface area (TPSA) is 26.3 Å². The predicted molar refractivity (Wildman–Crippen MR) is 44.3 cm³/mol. The molecule has 58 valence electrons. The minimum Gasteiger partial charge on any atom is -0.468 e. The summed E-state index contributed by atoms with van der Waals surface area (Å²) in [6.07, 6.45) is 1.77. The average molecular weight is 181 g/mol. The maximum absolute atomic E-state index is 10.5. The van der Waals surface area contributed by atoms with Crippen LogP contribution < -0.4 is 0 Å². The van der Waals surface area contributed by atoms with Crippen molar-refractivity contribution in [2.45, 2.75) is 0 Å². The Hall–Kier alpha value is -0.150.